The summed E-state index contributed by atoms with van der Waals surface area (Å²) in [7, 11) is 1.43. The number of ether oxygens (including phenoxy) is 1. The molecule has 1 aromatic rings. The Hall–Kier alpha value is -0.870. The first-order valence-electron chi connectivity index (χ1n) is 7.36. The summed E-state index contributed by atoms with van der Waals surface area (Å²) in [6.07, 6.45) is 5.59. The van der Waals surface area contributed by atoms with Gasteiger partial charge in [0.1, 0.15) is 0 Å². The van der Waals surface area contributed by atoms with Crippen molar-refractivity contribution in [2.75, 3.05) is 7.11 Å². The highest BCUT2D eigenvalue weighted by molar-refractivity contribution is 7.12. The van der Waals surface area contributed by atoms with Gasteiger partial charge in [0, 0.05) is 22.3 Å². The van der Waals surface area contributed by atoms with Gasteiger partial charge < -0.3 is 10.1 Å². The molecule has 112 valence electrons. The van der Waals surface area contributed by atoms with E-state index in [9.17, 15) is 4.79 Å². The van der Waals surface area contributed by atoms with Gasteiger partial charge in [-0.25, -0.2) is 0 Å². The molecule has 0 aromatic carbocycles. The zero-order valence-electron chi connectivity index (χ0n) is 12.7. The fourth-order valence-corrected chi connectivity index (χ4v) is 3.90. The number of esters is 1. The summed E-state index contributed by atoms with van der Waals surface area (Å²) in [5, 5.41) is 3.67. The van der Waals surface area contributed by atoms with Crippen molar-refractivity contribution in [3.05, 3.63) is 21.9 Å². The Balaban J connectivity index is 1.81. The summed E-state index contributed by atoms with van der Waals surface area (Å²) >= 11 is 1.70. The van der Waals surface area contributed by atoms with Crippen LogP contribution >= 0.6 is 11.3 Å². The van der Waals surface area contributed by atoms with E-state index in [0.29, 0.717) is 17.9 Å². The van der Waals surface area contributed by atoms with Crippen LogP contribution in [0.5, 0.6) is 0 Å². The Morgan fingerprint density at radius 1 is 1.45 bits per heavy atom. The third kappa shape index (κ3) is 4.60. The van der Waals surface area contributed by atoms with Crippen molar-refractivity contribution >= 4 is 17.3 Å². The van der Waals surface area contributed by atoms with Crippen molar-refractivity contribution < 1.29 is 9.53 Å². The van der Waals surface area contributed by atoms with Crippen LogP contribution in [0.1, 0.15) is 49.3 Å². The molecule has 1 fully saturated rings. The Bertz CT molecular complexity index is 453. The molecule has 1 saturated carbocycles. The van der Waals surface area contributed by atoms with Gasteiger partial charge in [-0.15, -0.1) is 11.3 Å². The van der Waals surface area contributed by atoms with Gasteiger partial charge in [0.05, 0.1) is 13.5 Å². The topological polar surface area (TPSA) is 38.3 Å². The molecule has 0 spiro atoms. The second kappa shape index (κ2) is 6.72. The van der Waals surface area contributed by atoms with E-state index in [-0.39, 0.29) is 5.97 Å². The van der Waals surface area contributed by atoms with Crippen molar-refractivity contribution in [2.45, 2.75) is 58.5 Å². The minimum Gasteiger partial charge on any atom is -0.469 e. The summed E-state index contributed by atoms with van der Waals surface area (Å²) in [4.78, 5) is 13.6. The molecule has 20 heavy (non-hydrogen) atoms. The van der Waals surface area contributed by atoms with Crippen LogP contribution in [0.2, 0.25) is 0 Å². The lowest BCUT2D eigenvalue weighted by Crippen LogP contribution is -2.36. The molecule has 1 aromatic heterocycles. The molecule has 1 unspecified atom stereocenters. The van der Waals surface area contributed by atoms with Gasteiger partial charge in [0.2, 0.25) is 0 Å². The van der Waals surface area contributed by atoms with Crippen molar-refractivity contribution in [3.63, 3.8) is 0 Å². The zero-order valence-corrected chi connectivity index (χ0v) is 13.5. The van der Waals surface area contributed by atoms with Crippen molar-refractivity contribution in [2.24, 2.45) is 5.41 Å². The maximum Gasteiger partial charge on any atom is 0.310 e. The minimum absolute atomic E-state index is 0.166. The van der Waals surface area contributed by atoms with Crippen LogP contribution in [-0.2, 0) is 22.5 Å². The van der Waals surface area contributed by atoms with E-state index in [1.807, 2.05) is 6.07 Å². The van der Waals surface area contributed by atoms with E-state index in [1.165, 1.54) is 37.7 Å². The first kappa shape index (κ1) is 15.5. The van der Waals surface area contributed by atoms with Crippen molar-refractivity contribution in [3.8, 4) is 0 Å². The molecule has 3 nitrogen and oxygen atoms in total. The fourth-order valence-electron chi connectivity index (χ4n) is 2.94. The number of carbonyl (C=O) groups excluding carboxylic acids is 1. The van der Waals surface area contributed by atoms with Crippen molar-refractivity contribution in [1.29, 1.82) is 0 Å². The second-order valence-electron chi connectivity index (χ2n) is 6.46. The highest BCUT2D eigenvalue weighted by atomic mass is 32.1. The molecular formula is C16H25NO2S. The lowest BCUT2D eigenvalue weighted by Gasteiger charge is -2.35. The van der Waals surface area contributed by atoms with E-state index in [0.717, 1.165) is 11.4 Å². The summed E-state index contributed by atoms with van der Waals surface area (Å²) in [6.45, 7) is 5.63. The number of rotatable bonds is 5. The molecule has 0 radical (unpaired) electrons. The number of thiophene rings is 1. The average Bonchev–Trinajstić information content (AvgIpc) is 2.83. The van der Waals surface area contributed by atoms with Crippen LogP contribution in [0, 0.1) is 5.41 Å². The number of methoxy groups -OCH3 is 1. The predicted octanol–water partition coefficient (Wildman–Crippen LogP) is 3.52. The molecule has 1 atom stereocenters. The fraction of sp³-hybridized carbons (Fsp3) is 0.688. The lowest BCUT2D eigenvalue weighted by atomic mass is 9.75. The molecule has 1 aliphatic carbocycles. The van der Waals surface area contributed by atoms with E-state index < -0.39 is 0 Å². The van der Waals surface area contributed by atoms with Crippen LogP contribution < -0.4 is 5.32 Å². The van der Waals surface area contributed by atoms with E-state index in [2.05, 4.69) is 25.2 Å². The van der Waals surface area contributed by atoms with Gasteiger partial charge in [-0.2, -0.15) is 0 Å². The highest BCUT2D eigenvalue weighted by Gasteiger charge is 2.27. The molecule has 2 rings (SSSR count). The van der Waals surface area contributed by atoms with Gasteiger partial charge in [-0.3, -0.25) is 4.79 Å². The summed E-state index contributed by atoms with van der Waals surface area (Å²) in [6, 6.07) is 4.78. The zero-order chi connectivity index (χ0) is 14.6. The minimum atomic E-state index is -0.166. The monoisotopic (exact) mass is 295 g/mol. The number of nitrogens with one attached hydrogen (secondary N) is 1. The molecule has 0 aliphatic heterocycles. The van der Waals surface area contributed by atoms with Gasteiger partial charge >= 0.3 is 5.97 Å². The highest BCUT2D eigenvalue weighted by Crippen LogP contribution is 2.35. The van der Waals surface area contributed by atoms with Gasteiger partial charge in [-0.05, 0) is 36.8 Å². The average molecular weight is 295 g/mol. The molecular weight excluding hydrogens is 270 g/mol. The van der Waals surface area contributed by atoms with Crippen LogP contribution in [0.3, 0.4) is 0 Å². The first-order valence-corrected chi connectivity index (χ1v) is 8.18. The normalized spacial score (nSPS) is 21.6. The first-order chi connectivity index (χ1) is 9.48. The summed E-state index contributed by atoms with van der Waals surface area (Å²) < 4.78 is 4.69. The lowest BCUT2D eigenvalue weighted by molar-refractivity contribution is -0.139. The van der Waals surface area contributed by atoms with Gasteiger partial charge in [-0.1, -0.05) is 20.3 Å². The maximum atomic E-state index is 11.2. The number of hydrogen-bond donors (Lipinski definition) is 1. The molecule has 0 amide bonds. The van der Waals surface area contributed by atoms with E-state index in [4.69, 9.17) is 4.74 Å². The molecule has 1 heterocycles. The largest absolute Gasteiger partial charge is 0.469 e. The molecule has 0 bridgehead atoms. The Morgan fingerprint density at radius 2 is 2.20 bits per heavy atom. The van der Waals surface area contributed by atoms with Gasteiger partial charge in [0.15, 0.2) is 0 Å². The third-order valence-corrected chi connectivity index (χ3v) is 5.12. The Kier molecular flexibility index (Phi) is 5.22. The van der Waals surface area contributed by atoms with E-state index in [1.54, 1.807) is 11.3 Å². The van der Waals surface area contributed by atoms with Crippen LogP contribution in [0.4, 0.5) is 0 Å². The predicted molar refractivity (Wildman–Crippen MR) is 82.9 cm³/mol. The summed E-state index contributed by atoms with van der Waals surface area (Å²) in [5.41, 5.74) is 0.474. The maximum absolute atomic E-state index is 11.2. The van der Waals surface area contributed by atoms with Crippen LogP contribution in [-0.4, -0.2) is 19.1 Å². The Morgan fingerprint density at radius 3 is 2.90 bits per heavy atom. The third-order valence-electron chi connectivity index (χ3n) is 4.03. The Labute approximate surface area is 125 Å². The van der Waals surface area contributed by atoms with Crippen LogP contribution in [0.15, 0.2) is 12.1 Å². The molecule has 0 saturated heterocycles. The summed E-state index contributed by atoms with van der Waals surface area (Å²) in [5.74, 6) is -0.166. The smallest absolute Gasteiger partial charge is 0.310 e. The molecule has 1 N–H and O–H groups in total. The molecule has 1 aliphatic rings. The number of carbonyl (C=O) groups is 1. The number of hydrogen-bond acceptors (Lipinski definition) is 4. The van der Waals surface area contributed by atoms with Crippen LogP contribution in [0.25, 0.3) is 0 Å². The van der Waals surface area contributed by atoms with Gasteiger partial charge in [0.25, 0.3) is 0 Å². The van der Waals surface area contributed by atoms with Crippen molar-refractivity contribution in [1.82, 2.24) is 5.32 Å². The quantitative estimate of drug-likeness (QED) is 0.845. The molecule has 4 heteroatoms. The standard InChI is InChI=1S/C16H25NO2S/c1-16(2)8-4-5-12(10-16)17-11-14-7-6-13(20-14)9-15(18)19-3/h6-7,12,17H,4-5,8-11H2,1-3H3. The van der Waals surface area contributed by atoms with E-state index >= 15 is 0 Å². The second-order valence-corrected chi connectivity index (χ2v) is 7.71. The SMILES string of the molecule is COC(=O)Cc1ccc(CNC2CCCC(C)(C)C2)s1.